The molecule has 1 aromatic heterocycles. The van der Waals surface area contributed by atoms with Crippen molar-refractivity contribution in [2.45, 2.75) is 25.7 Å². The lowest BCUT2D eigenvalue weighted by atomic mass is 9.91. The van der Waals surface area contributed by atoms with E-state index in [0.29, 0.717) is 29.4 Å². The highest BCUT2D eigenvalue weighted by atomic mass is 19.1. The summed E-state index contributed by atoms with van der Waals surface area (Å²) in [6.07, 6.45) is 5.89. The summed E-state index contributed by atoms with van der Waals surface area (Å²) in [6.45, 7) is 4.47. The highest BCUT2D eigenvalue weighted by Crippen LogP contribution is 2.32. The molecule has 1 aliphatic rings. The van der Waals surface area contributed by atoms with Crippen LogP contribution in [0, 0.1) is 5.82 Å². The molecular weight excluding hydrogens is 399 g/mol. The first-order valence-corrected chi connectivity index (χ1v) is 10.4. The van der Waals surface area contributed by atoms with E-state index in [1.165, 1.54) is 25.1 Å². The van der Waals surface area contributed by atoms with Gasteiger partial charge in [0.15, 0.2) is 22.9 Å². The van der Waals surface area contributed by atoms with E-state index in [1.807, 2.05) is 12.2 Å². The average molecular weight is 424 g/mol. The molecule has 2 aromatic carbocycles. The second kappa shape index (κ2) is 9.31. The lowest BCUT2D eigenvalue weighted by molar-refractivity contribution is 0.101. The Bertz CT molecular complexity index is 1100. The van der Waals surface area contributed by atoms with Gasteiger partial charge in [0, 0.05) is 29.5 Å². The largest absolute Gasteiger partial charge is 0.504 e. The fourth-order valence-electron chi connectivity index (χ4n) is 3.89. The molecule has 0 bridgehead atoms. The average Bonchev–Trinajstić information content (AvgIpc) is 3.18. The van der Waals surface area contributed by atoms with Gasteiger partial charge in [0.05, 0.1) is 5.69 Å². The zero-order chi connectivity index (χ0) is 21.8. The number of aromatic hydroxyl groups is 1. The summed E-state index contributed by atoms with van der Waals surface area (Å²) in [7, 11) is 0. The fraction of sp³-hybridized carbons (Fsp3) is 0.333. The molecule has 0 spiro atoms. The topological polar surface area (TPSA) is 75.8 Å². The van der Waals surface area contributed by atoms with Crippen molar-refractivity contribution in [2.75, 3.05) is 26.2 Å². The Kier molecular flexibility index (Phi) is 6.32. The number of fused-ring (bicyclic) bond motifs is 1. The molecule has 162 valence electrons. The Hall–Kier alpha value is -3.19. The van der Waals surface area contributed by atoms with E-state index in [2.05, 4.69) is 10.1 Å². The summed E-state index contributed by atoms with van der Waals surface area (Å²) in [5, 5.41) is 15.0. The monoisotopic (exact) mass is 424 g/mol. The van der Waals surface area contributed by atoms with Gasteiger partial charge in [-0.1, -0.05) is 17.3 Å². The first-order chi connectivity index (χ1) is 15.0. The molecule has 7 heteroatoms. The zero-order valence-corrected chi connectivity index (χ0v) is 17.4. The molecule has 4 rings (SSSR count). The minimum Gasteiger partial charge on any atom is -0.504 e. The van der Waals surface area contributed by atoms with Crippen molar-refractivity contribution in [1.82, 2.24) is 10.1 Å². The molecular formula is C24H25FN2O4. The van der Waals surface area contributed by atoms with Crippen molar-refractivity contribution in [3.63, 3.8) is 0 Å². The van der Waals surface area contributed by atoms with E-state index in [9.17, 15) is 14.3 Å². The van der Waals surface area contributed by atoms with Crippen molar-refractivity contribution >= 4 is 16.8 Å². The molecule has 31 heavy (non-hydrogen) atoms. The second-order valence-corrected chi connectivity index (χ2v) is 7.80. The lowest BCUT2D eigenvalue weighted by Gasteiger charge is -2.30. The smallest absolute Gasteiger partial charge is 0.170 e. The Morgan fingerprint density at radius 2 is 2.06 bits per heavy atom. The van der Waals surface area contributed by atoms with Gasteiger partial charge in [0.2, 0.25) is 0 Å². The number of likely N-dealkylation sites (tertiary alicyclic amines) is 1. The number of phenolic OH excluding ortho intramolecular Hbond substituents is 1. The number of halogens is 1. The highest BCUT2D eigenvalue weighted by molar-refractivity contribution is 5.94. The van der Waals surface area contributed by atoms with Crippen molar-refractivity contribution in [2.24, 2.45) is 0 Å². The molecule has 0 amide bonds. The number of carbonyl (C=O) groups excluding carboxylic acids is 1. The van der Waals surface area contributed by atoms with Crippen molar-refractivity contribution in [3.05, 3.63) is 65.6 Å². The van der Waals surface area contributed by atoms with Crippen LogP contribution in [0.15, 0.2) is 53.1 Å². The number of ether oxygens (including phenoxy) is 1. The number of piperidine rings is 1. The third-order valence-corrected chi connectivity index (χ3v) is 5.67. The third kappa shape index (κ3) is 4.94. The summed E-state index contributed by atoms with van der Waals surface area (Å²) < 4.78 is 24.2. The van der Waals surface area contributed by atoms with Gasteiger partial charge < -0.3 is 14.4 Å². The van der Waals surface area contributed by atoms with E-state index in [0.717, 1.165) is 43.6 Å². The van der Waals surface area contributed by atoms with Crippen molar-refractivity contribution in [3.8, 4) is 11.5 Å². The maximum Gasteiger partial charge on any atom is 0.170 e. The molecule has 3 aromatic rings. The summed E-state index contributed by atoms with van der Waals surface area (Å²) >= 11 is 0. The molecule has 1 aliphatic heterocycles. The van der Waals surface area contributed by atoms with Crippen LogP contribution in [0.4, 0.5) is 4.39 Å². The van der Waals surface area contributed by atoms with Gasteiger partial charge in [0.1, 0.15) is 12.4 Å². The first-order valence-electron chi connectivity index (χ1n) is 10.4. The van der Waals surface area contributed by atoms with Gasteiger partial charge in [-0.05, 0) is 63.2 Å². The van der Waals surface area contributed by atoms with Gasteiger partial charge in [0.25, 0.3) is 0 Å². The van der Waals surface area contributed by atoms with Gasteiger partial charge in [-0.15, -0.1) is 0 Å². The maximum absolute atomic E-state index is 13.3. The number of aromatic nitrogens is 1. The maximum atomic E-state index is 13.3. The Morgan fingerprint density at radius 3 is 2.84 bits per heavy atom. The van der Waals surface area contributed by atoms with Gasteiger partial charge in [-0.3, -0.25) is 9.69 Å². The lowest BCUT2D eigenvalue weighted by Crippen LogP contribution is -2.33. The molecule has 0 unspecified atom stereocenters. The SMILES string of the molecule is CC(=O)c1ccc(O)c(OC/C=C/CN2CCC(c3noc4cc(F)ccc34)CC2)c1. The summed E-state index contributed by atoms with van der Waals surface area (Å²) in [4.78, 5) is 13.8. The molecule has 0 radical (unpaired) electrons. The summed E-state index contributed by atoms with van der Waals surface area (Å²) in [5.41, 5.74) is 1.93. The van der Waals surface area contributed by atoms with Gasteiger partial charge in [-0.25, -0.2) is 4.39 Å². The van der Waals surface area contributed by atoms with Crippen LogP contribution >= 0.6 is 0 Å². The third-order valence-electron chi connectivity index (χ3n) is 5.67. The number of ketones is 1. The summed E-state index contributed by atoms with van der Waals surface area (Å²) in [5.74, 6) is 0.241. The quantitative estimate of drug-likeness (QED) is 0.438. The summed E-state index contributed by atoms with van der Waals surface area (Å²) in [6, 6.07) is 9.16. The number of hydrogen-bond acceptors (Lipinski definition) is 6. The number of hydrogen-bond donors (Lipinski definition) is 1. The van der Waals surface area contributed by atoms with E-state index in [-0.39, 0.29) is 17.3 Å². The van der Waals surface area contributed by atoms with Crippen LogP contribution in [0.25, 0.3) is 11.0 Å². The predicted octanol–water partition coefficient (Wildman–Crippen LogP) is 4.69. The van der Waals surface area contributed by atoms with Crippen LogP contribution in [-0.4, -0.2) is 47.2 Å². The Labute approximate surface area is 179 Å². The van der Waals surface area contributed by atoms with Crippen LogP contribution in [0.2, 0.25) is 0 Å². The Balaban J connectivity index is 1.24. The number of benzene rings is 2. The molecule has 1 fully saturated rings. The van der Waals surface area contributed by atoms with Crippen LogP contribution in [0.5, 0.6) is 11.5 Å². The second-order valence-electron chi connectivity index (χ2n) is 7.80. The molecule has 0 atom stereocenters. The normalized spacial score (nSPS) is 15.7. The van der Waals surface area contributed by atoms with E-state index in [1.54, 1.807) is 18.2 Å². The van der Waals surface area contributed by atoms with Crippen LogP contribution < -0.4 is 4.74 Å². The predicted molar refractivity (Wildman–Crippen MR) is 115 cm³/mol. The number of rotatable bonds is 7. The standard InChI is InChI=1S/C24H25FN2O4/c1-16(28)18-4-7-21(29)23(14-18)30-13-3-2-10-27-11-8-17(9-12-27)24-20-6-5-19(25)15-22(20)31-26-24/h2-7,14-15,17,29H,8-13H2,1H3/b3-2+. The molecule has 0 aliphatic carbocycles. The molecule has 1 saturated heterocycles. The van der Waals surface area contributed by atoms with Crippen LogP contribution in [-0.2, 0) is 0 Å². The van der Waals surface area contributed by atoms with Crippen LogP contribution in [0.1, 0.15) is 41.7 Å². The van der Waals surface area contributed by atoms with Gasteiger partial charge >= 0.3 is 0 Å². The van der Waals surface area contributed by atoms with Crippen molar-refractivity contribution in [1.29, 1.82) is 0 Å². The zero-order valence-electron chi connectivity index (χ0n) is 17.4. The number of nitrogens with zero attached hydrogens (tertiary/aromatic N) is 2. The number of carbonyl (C=O) groups is 1. The van der Waals surface area contributed by atoms with Gasteiger partial charge in [-0.2, -0.15) is 0 Å². The molecule has 1 N–H and O–H groups in total. The highest BCUT2D eigenvalue weighted by Gasteiger charge is 2.24. The first kappa shape index (κ1) is 21.1. The molecule has 6 nitrogen and oxygen atoms in total. The van der Waals surface area contributed by atoms with Crippen molar-refractivity contribution < 1.29 is 23.6 Å². The Morgan fingerprint density at radius 1 is 1.26 bits per heavy atom. The number of Topliss-reactive ketones (excluding diaryl/α,β-unsaturated/α-hetero) is 1. The molecule has 2 heterocycles. The fourth-order valence-corrected chi connectivity index (χ4v) is 3.89. The van der Waals surface area contributed by atoms with Crippen LogP contribution in [0.3, 0.4) is 0 Å². The van der Waals surface area contributed by atoms with E-state index >= 15 is 0 Å². The van der Waals surface area contributed by atoms with E-state index in [4.69, 9.17) is 9.26 Å². The number of phenols is 1. The minimum absolute atomic E-state index is 0.0172. The van der Waals surface area contributed by atoms with E-state index < -0.39 is 0 Å². The minimum atomic E-state index is -0.317. The molecule has 0 saturated carbocycles.